The van der Waals surface area contributed by atoms with Gasteiger partial charge in [0.25, 0.3) is 11.8 Å². The second-order valence-corrected chi connectivity index (χ2v) is 8.96. The second kappa shape index (κ2) is 12.7. The van der Waals surface area contributed by atoms with E-state index < -0.39 is 59.3 Å². The van der Waals surface area contributed by atoms with Crippen LogP contribution in [0.4, 0.5) is 0 Å². The number of fused-ring (bicyclic) bond motifs is 1. The maximum absolute atomic E-state index is 12.9. The molecule has 2 aliphatic rings. The number of halogens is 1. The molecule has 2 rings (SSSR count). The number of rotatable bonds is 12. The van der Waals surface area contributed by atoms with E-state index in [4.69, 9.17) is 25.8 Å². The molecule has 0 saturated carbocycles. The van der Waals surface area contributed by atoms with E-state index in [2.05, 4.69) is 15.3 Å². The number of hydrogen-bond acceptors (Lipinski definition) is 11. The summed E-state index contributed by atoms with van der Waals surface area (Å²) in [4.78, 5) is 67.3. The molecule has 188 valence electrons. The minimum absolute atomic E-state index is 0.0383. The number of carbonyl (C=O) groups excluding carboxylic acids is 5. The van der Waals surface area contributed by atoms with Crippen molar-refractivity contribution in [3.8, 4) is 0 Å². The predicted molar refractivity (Wildman–Crippen MR) is 121 cm³/mol. The van der Waals surface area contributed by atoms with E-state index in [1.807, 2.05) is 13.8 Å². The SMILES string of the molecule is COCC1=C(C(=O)OCOC(=O)CC(C)C)N2C(=O)C(NC(=O)C(=NOC)C(=O)CCl)[C@@H]2SC1. The first-order chi connectivity index (χ1) is 16.2. The zero-order chi connectivity index (χ0) is 25.4. The van der Waals surface area contributed by atoms with Crippen molar-refractivity contribution >= 4 is 58.6 Å². The Labute approximate surface area is 205 Å². The number of methoxy groups -OCH3 is 1. The fraction of sp³-hybridized carbons (Fsp3) is 0.600. The monoisotopic (exact) mass is 519 g/mol. The minimum Gasteiger partial charge on any atom is -0.428 e. The number of Topliss-reactive ketones (excluding diaryl/α,β-unsaturated/α-hetero) is 1. The van der Waals surface area contributed by atoms with Crippen molar-refractivity contribution in [1.29, 1.82) is 0 Å². The number of hydrogen-bond donors (Lipinski definition) is 1. The van der Waals surface area contributed by atoms with E-state index in [1.54, 1.807) is 0 Å². The maximum Gasteiger partial charge on any atom is 0.358 e. The molecule has 12 nitrogen and oxygen atoms in total. The zero-order valence-electron chi connectivity index (χ0n) is 19.1. The van der Waals surface area contributed by atoms with E-state index in [1.165, 1.54) is 23.8 Å². The van der Waals surface area contributed by atoms with Crippen molar-refractivity contribution < 1.29 is 43.0 Å². The average molecular weight is 520 g/mol. The van der Waals surface area contributed by atoms with E-state index in [9.17, 15) is 24.0 Å². The third-order valence-corrected chi connectivity index (χ3v) is 6.20. The summed E-state index contributed by atoms with van der Waals surface area (Å²) in [6.07, 6.45) is 0.167. The Balaban J connectivity index is 2.12. The molecular formula is C20H26ClN3O9S. The largest absolute Gasteiger partial charge is 0.428 e. The number of nitrogens with zero attached hydrogens (tertiary/aromatic N) is 2. The van der Waals surface area contributed by atoms with Crippen LogP contribution in [0.25, 0.3) is 0 Å². The molecular weight excluding hydrogens is 494 g/mol. The highest BCUT2D eigenvalue weighted by atomic mass is 35.5. The molecule has 1 fully saturated rings. The Hall–Kier alpha value is -2.64. The Kier molecular flexibility index (Phi) is 10.3. The van der Waals surface area contributed by atoms with E-state index in [-0.39, 0.29) is 24.6 Å². The number of amides is 2. The van der Waals surface area contributed by atoms with Gasteiger partial charge in [-0.05, 0) is 11.5 Å². The molecule has 1 unspecified atom stereocenters. The van der Waals surface area contributed by atoms with Crippen LogP contribution in [0.15, 0.2) is 16.4 Å². The molecule has 2 aliphatic heterocycles. The Morgan fingerprint density at radius 1 is 1.24 bits per heavy atom. The van der Waals surface area contributed by atoms with Gasteiger partial charge in [-0.25, -0.2) is 4.79 Å². The van der Waals surface area contributed by atoms with Gasteiger partial charge in [0.2, 0.25) is 18.3 Å². The molecule has 0 spiro atoms. The van der Waals surface area contributed by atoms with Crippen molar-refractivity contribution in [2.45, 2.75) is 31.7 Å². The summed E-state index contributed by atoms with van der Waals surface area (Å²) in [6, 6.07) is -1.03. The lowest BCUT2D eigenvalue weighted by Gasteiger charge is -2.49. The summed E-state index contributed by atoms with van der Waals surface area (Å²) in [5, 5.41) is 5.17. The Bertz CT molecular complexity index is 906. The van der Waals surface area contributed by atoms with Crippen molar-refractivity contribution in [3.05, 3.63) is 11.3 Å². The fourth-order valence-corrected chi connectivity index (χ4v) is 4.60. The molecule has 14 heteroatoms. The van der Waals surface area contributed by atoms with Crippen LogP contribution in [0, 0.1) is 5.92 Å². The maximum atomic E-state index is 12.9. The molecule has 2 amide bonds. The smallest absolute Gasteiger partial charge is 0.358 e. The molecule has 0 aromatic heterocycles. The molecule has 0 aromatic carbocycles. The lowest BCUT2D eigenvalue weighted by molar-refractivity contribution is -0.168. The number of β-lactam (4-membered cyclic amide) rings is 1. The lowest BCUT2D eigenvalue weighted by atomic mass is 10.0. The van der Waals surface area contributed by atoms with Crippen LogP contribution in [0.3, 0.4) is 0 Å². The van der Waals surface area contributed by atoms with Crippen LogP contribution in [-0.4, -0.2) is 90.8 Å². The average Bonchev–Trinajstić information content (AvgIpc) is 2.79. The molecule has 1 N–H and O–H groups in total. The third-order valence-electron chi connectivity index (χ3n) is 4.61. The highest BCUT2D eigenvalue weighted by Crippen LogP contribution is 2.40. The van der Waals surface area contributed by atoms with Gasteiger partial charge in [-0.1, -0.05) is 19.0 Å². The number of oxime groups is 1. The summed E-state index contributed by atoms with van der Waals surface area (Å²) < 4.78 is 15.1. The van der Waals surface area contributed by atoms with Gasteiger partial charge in [-0.15, -0.1) is 23.4 Å². The molecule has 0 aromatic rings. The van der Waals surface area contributed by atoms with Crippen molar-refractivity contribution in [2.75, 3.05) is 39.3 Å². The van der Waals surface area contributed by atoms with Crippen molar-refractivity contribution in [1.82, 2.24) is 10.2 Å². The van der Waals surface area contributed by atoms with Crippen LogP contribution >= 0.6 is 23.4 Å². The van der Waals surface area contributed by atoms with Gasteiger partial charge in [0.15, 0.2) is 0 Å². The molecule has 2 atom stereocenters. The van der Waals surface area contributed by atoms with Crippen LogP contribution in [0.1, 0.15) is 20.3 Å². The zero-order valence-corrected chi connectivity index (χ0v) is 20.7. The van der Waals surface area contributed by atoms with Gasteiger partial charge >= 0.3 is 11.9 Å². The summed E-state index contributed by atoms with van der Waals surface area (Å²) in [7, 11) is 2.59. The summed E-state index contributed by atoms with van der Waals surface area (Å²) in [6.45, 7) is 3.14. The quantitative estimate of drug-likeness (QED) is 0.0719. The van der Waals surface area contributed by atoms with Gasteiger partial charge in [0.1, 0.15) is 24.2 Å². The number of ether oxygens (including phenoxy) is 3. The van der Waals surface area contributed by atoms with E-state index >= 15 is 0 Å². The number of nitrogens with one attached hydrogen (secondary N) is 1. The molecule has 2 heterocycles. The fourth-order valence-electron chi connectivity index (χ4n) is 3.15. The van der Waals surface area contributed by atoms with Crippen LogP contribution in [0.5, 0.6) is 0 Å². The number of alkyl halides is 1. The Morgan fingerprint density at radius 3 is 2.53 bits per heavy atom. The third kappa shape index (κ3) is 6.48. The molecule has 1 saturated heterocycles. The van der Waals surface area contributed by atoms with Crippen LogP contribution in [0.2, 0.25) is 0 Å². The van der Waals surface area contributed by atoms with Crippen LogP contribution in [-0.2, 0) is 43.0 Å². The minimum atomic E-state index is -1.03. The molecule has 0 aliphatic carbocycles. The predicted octanol–water partition coefficient (Wildman–Crippen LogP) is 0.187. The Morgan fingerprint density at radius 2 is 1.94 bits per heavy atom. The topological polar surface area (TPSA) is 150 Å². The molecule has 0 bridgehead atoms. The summed E-state index contributed by atoms with van der Waals surface area (Å²) in [5.74, 6) is -3.81. The van der Waals surface area contributed by atoms with Gasteiger partial charge in [0, 0.05) is 19.3 Å². The van der Waals surface area contributed by atoms with Crippen molar-refractivity contribution in [2.24, 2.45) is 11.1 Å². The van der Waals surface area contributed by atoms with E-state index in [0.29, 0.717) is 11.3 Å². The number of esters is 2. The van der Waals surface area contributed by atoms with Crippen LogP contribution < -0.4 is 5.32 Å². The number of carbonyl (C=O) groups is 5. The molecule has 0 radical (unpaired) electrons. The number of ketones is 1. The lowest BCUT2D eigenvalue weighted by Crippen LogP contribution is -2.71. The summed E-state index contributed by atoms with van der Waals surface area (Å²) in [5.41, 5.74) is -0.119. The van der Waals surface area contributed by atoms with Gasteiger partial charge in [-0.3, -0.25) is 24.1 Å². The van der Waals surface area contributed by atoms with Crippen molar-refractivity contribution in [3.63, 3.8) is 0 Å². The second-order valence-electron chi connectivity index (χ2n) is 7.59. The van der Waals surface area contributed by atoms with Gasteiger partial charge in [-0.2, -0.15) is 0 Å². The summed E-state index contributed by atoms with van der Waals surface area (Å²) >= 11 is 6.78. The first-order valence-corrected chi connectivity index (χ1v) is 11.7. The normalized spacial score (nSPS) is 19.9. The van der Waals surface area contributed by atoms with Gasteiger partial charge in [0.05, 0.1) is 12.5 Å². The highest BCUT2D eigenvalue weighted by molar-refractivity contribution is 8.00. The first kappa shape index (κ1) is 27.6. The highest BCUT2D eigenvalue weighted by Gasteiger charge is 2.54. The first-order valence-electron chi connectivity index (χ1n) is 10.2. The standard InChI is InChI=1S/C20H26ClN3O9S/c1-10(2)5-13(26)32-9-33-20(29)16-11(7-30-3)8-34-19-15(18(28)24(16)19)22-17(27)14(23-31-4)12(25)6-21/h10,15,19H,5-9H2,1-4H3,(H,22,27)/t15?,19-/m0/s1. The van der Waals surface area contributed by atoms with E-state index in [0.717, 1.165) is 7.11 Å². The number of thioether (sulfide) groups is 1. The van der Waals surface area contributed by atoms with Gasteiger partial charge < -0.3 is 24.4 Å². The molecule has 34 heavy (non-hydrogen) atoms.